The van der Waals surface area contributed by atoms with Crippen LogP contribution in [0.4, 0.5) is 5.69 Å². The summed E-state index contributed by atoms with van der Waals surface area (Å²) in [5, 5.41) is 2.27. The summed E-state index contributed by atoms with van der Waals surface area (Å²) < 4.78 is 0. The monoisotopic (exact) mass is 281 g/mol. The molecule has 110 valence electrons. The zero-order chi connectivity index (χ0) is 15.1. The molecule has 0 amide bonds. The molecule has 0 saturated heterocycles. The van der Waals surface area contributed by atoms with Crippen molar-refractivity contribution in [1.82, 2.24) is 0 Å². The number of nitrogens with zero attached hydrogens (tertiary/aromatic N) is 1. The van der Waals surface area contributed by atoms with Crippen molar-refractivity contribution in [3.63, 3.8) is 0 Å². The Morgan fingerprint density at radius 2 is 1.16 bits per heavy atom. The van der Waals surface area contributed by atoms with E-state index in [0.29, 0.717) is 10.3 Å². The van der Waals surface area contributed by atoms with Crippen LogP contribution in [0.3, 0.4) is 0 Å². The van der Waals surface area contributed by atoms with Crippen LogP contribution in [-0.2, 0) is 0 Å². The third kappa shape index (κ3) is 2.97. The van der Waals surface area contributed by atoms with Gasteiger partial charge in [-0.25, -0.2) is 0 Å². The van der Waals surface area contributed by atoms with E-state index in [1.54, 1.807) is 5.30 Å². The zero-order valence-electron chi connectivity index (χ0n) is 14.3. The topological polar surface area (TPSA) is 3.24 Å². The first-order chi connectivity index (χ1) is 8.41. The summed E-state index contributed by atoms with van der Waals surface area (Å²) in [6.45, 7) is 17.0. The van der Waals surface area contributed by atoms with Crippen molar-refractivity contribution in [2.45, 2.75) is 51.9 Å². The zero-order valence-corrected chi connectivity index (χ0v) is 15.3. The molecule has 0 radical (unpaired) electrons. The van der Waals surface area contributed by atoms with Crippen LogP contribution in [0.1, 0.15) is 41.5 Å². The molecule has 0 unspecified atom stereocenters. The Bertz CT molecular complexity index is 404. The van der Waals surface area contributed by atoms with E-state index in [0.717, 1.165) is 0 Å². The summed E-state index contributed by atoms with van der Waals surface area (Å²) in [6, 6.07) is 9.24. The van der Waals surface area contributed by atoms with Gasteiger partial charge in [-0.1, -0.05) is 0 Å². The molecule has 0 N–H and O–H groups in total. The Hall–Kier alpha value is -0.550. The van der Waals surface area contributed by atoms with Crippen molar-refractivity contribution in [3.8, 4) is 0 Å². The molecule has 0 spiro atoms. The molecule has 0 saturated carbocycles. The van der Waals surface area contributed by atoms with E-state index in [1.165, 1.54) is 5.69 Å². The van der Waals surface area contributed by atoms with Crippen LogP contribution < -0.4 is 10.2 Å². The molecule has 19 heavy (non-hydrogen) atoms. The molecular formula is C17H32NP. The van der Waals surface area contributed by atoms with Gasteiger partial charge in [-0.2, -0.15) is 0 Å². The molecule has 0 aliphatic rings. The van der Waals surface area contributed by atoms with Crippen molar-refractivity contribution in [2.75, 3.05) is 25.7 Å². The Balaban J connectivity index is 3.36. The minimum absolute atomic E-state index is 0.352. The maximum atomic E-state index is 2.54. The number of hydrogen-bond acceptors (Lipinski definition) is 1. The Labute approximate surface area is 120 Å². The molecule has 1 rings (SSSR count). The first kappa shape index (κ1) is 16.5. The molecule has 0 bridgehead atoms. The third-order valence-corrected chi connectivity index (χ3v) is 12.4. The SMILES string of the molecule is CN(C)c1ccc([PH](C)(C(C)(C)C)C(C)(C)C)cc1. The quantitative estimate of drug-likeness (QED) is 0.728. The van der Waals surface area contributed by atoms with Gasteiger partial charge in [-0.15, -0.1) is 0 Å². The van der Waals surface area contributed by atoms with Crippen molar-refractivity contribution in [1.29, 1.82) is 0 Å². The van der Waals surface area contributed by atoms with Gasteiger partial charge in [0.15, 0.2) is 0 Å². The van der Waals surface area contributed by atoms with Crippen LogP contribution in [0.5, 0.6) is 0 Å². The fourth-order valence-corrected chi connectivity index (χ4v) is 7.90. The first-order valence-corrected chi connectivity index (χ1v) is 9.69. The van der Waals surface area contributed by atoms with Gasteiger partial charge in [-0.05, 0) is 0 Å². The van der Waals surface area contributed by atoms with E-state index < -0.39 is 7.26 Å². The van der Waals surface area contributed by atoms with Crippen molar-refractivity contribution in [2.24, 2.45) is 0 Å². The standard InChI is InChI=1S/C17H32NP/c1-16(2,3)19(9,17(4,5)6)15-12-10-14(11-13-15)18(7)8/h10-13,19H,1-9H3. The predicted molar refractivity (Wildman–Crippen MR) is 94.1 cm³/mol. The van der Waals surface area contributed by atoms with E-state index >= 15 is 0 Å². The summed E-state index contributed by atoms with van der Waals surface area (Å²) in [4.78, 5) is 2.16. The second kappa shape index (κ2) is 5.09. The van der Waals surface area contributed by atoms with E-state index in [9.17, 15) is 0 Å². The van der Waals surface area contributed by atoms with Gasteiger partial charge >= 0.3 is 120 Å². The van der Waals surface area contributed by atoms with Gasteiger partial charge in [-0.3, -0.25) is 0 Å². The Morgan fingerprint density at radius 3 is 1.42 bits per heavy atom. The molecular weight excluding hydrogens is 249 g/mol. The predicted octanol–water partition coefficient (Wildman–Crippen LogP) is 4.35. The summed E-state index contributed by atoms with van der Waals surface area (Å²) in [5.74, 6) is 0. The van der Waals surface area contributed by atoms with Gasteiger partial charge in [0, 0.05) is 0 Å². The average molecular weight is 281 g/mol. The molecule has 0 atom stereocenters. The van der Waals surface area contributed by atoms with Gasteiger partial charge in [0.1, 0.15) is 0 Å². The molecule has 0 heterocycles. The average Bonchev–Trinajstić information content (AvgIpc) is 2.25. The van der Waals surface area contributed by atoms with Crippen LogP contribution in [0, 0.1) is 0 Å². The van der Waals surface area contributed by atoms with Gasteiger partial charge in [0.2, 0.25) is 0 Å². The second-order valence-corrected chi connectivity index (χ2v) is 13.9. The van der Waals surface area contributed by atoms with Crippen LogP contribution in [-0.4, -0.2) is 31.1 Å². The Morgan fingerprint density at radius 1 is 0.789 bits per heavy atom. The van der Waals surface area contributed by atoms with Crippen molar-refractivity contribution < 1.29 is 0 Å². The molecule has 0 aromatic heterocycles. The molecule has 0 aliphatic heterocycles. The second-order valence-electron chi connectivity index (χ2n) is 8.07. The van der Waals surface area contributed by atoms with Gasteiger partial charge in [0.25, 0.3) is 0 Å². The van der Waals surface area contributed by atoms with Crippen molar-refractivity contribution in [3.05, 3.63) is 24.3 Å². The maximum absolute atomic E-state index is 2.54. The van der Waals surface area contributed by atoms with Crippen LogP contribution in [0.2, 0.25) is 0 Å². The molecule has 0 aliphatic carbocycles. The third-order valence-electron chi connectivity index (χ3n) is 4.96. The number of rotatable bonds is 2. The van der Waals surface area contributed by atoms with Crippen LogP contribution in [0.15, 0.2) is 24.3 Å². The summed E-state index contributed by atoms with van der Waals surface area (Å²) in [5.41, 5.74) is 1.28. The molecule has 2 heteroatoms. The molecule has 1 nitrogen and oxygen atoms in total. The van der Waals surface area contributed by atoms with E-state index in [-0.39, 0.29) is 0 Å². The van der Waals surface area contributed by atoms with E-state index in [1.807, 2.05) is 0 Å². The fraction of sp³-hybridized carbons (Fsp3) is 0.647. The number of anilines is 1. The van der Waals surface area contributed by atoms with E-state index in [2.05, 4.69) is 91.5 Å². The molecule has 1 aromatic carbocycles. The summed E-state index contributed by atoms with van der Waals surface area (Å²) in [6.07, 6.45) is 0. The molecule has 1 aromatic rings. The fourth-order valence-electron chi connectivity index (χ4n) is 3.08. The number of hydrogen-bond donors (Lipinski definition) is 0. The normalized spacial score (nSPS) is 14.4. The number of benzene rings is 1. The van der Waals surface area contributed by atoms with Crippen LogP contribution >= 0.6 is 7.26 Å². The van der Waals surface area contributed by atoms with Crippen molar-refractivity contribution >= 4 is 18.3 Å². The summed E-state index contributed by atoms with van der Waals surface area (Å²) in [7, 11) is 2.59. The first-order valence-electron chi connectivity index (χ1n) is 7.19. The van der Waals surface area contributed by atoms with Gasteiger partial charge < -0.3 is 0 Å². The Kier molecular flexibility index (Phi) is 4.42. The minimum atomic E-state index is -1.60. The van der Waals surface area contributed by atoms with Crippen LogP contribution in [0.25, 0.3) is 0 Å². The van der Waals surface area contributed by atoms with E-state index in [4.69, 9.17) is 0 Å². The summed E-state index contributed by atoms with van der Waals surface area (Å²) >= 11 is 0. The molecule has 0 fully saturated rings. The van der Waals surface area contributed by atoms with Gasteiger partial charge in [0.05, 0.1) is 0 Å².